The van der Waals surface area contributed by atoms with Crippen molar-refractivity contribution < 1.29 is 24.2 Å². The van der Waals surface area contributed by atoms with Gasteiger partial charge in [0.25, 0.3) is 0 Å². The molecular weight excluding hydrogens is 474 g/mol. The Morgan fingerprint density at radius 2 is 1.84 bits per heavy atom. The minimum absolute atomic E-state index is 0.0934. The first kappa shape index (κ1) is 20.8. The van der Waals surface area contributed by atoms with Crippen molar-refractivity contribution in [2.75, 3.05) is 7.11 Å². The molecule has 0 radical (unpaired) electrons. The second-order valence-electron chi connectivity index (χ2n) is 8.12. The second kappa shape index (κ2) is 7.25. The van der Waals surface area contributed by atoms with Gasteiger partial charge in [0.15, 0.2) is 11.4 Å². The van der Waals surface area contributed by atoms with Gasteiger partial charge in [0, 0.05) is 16.5 Å². The highest BCUT2D eigenvalue weighted by Gasteiger charge is 2.78. The van der Waals surface area contributed by atoms with Crippen LogP contribution in [0.3, 0.4) is 0 Å². The number of aliphatic hydroxyl groups is 1. The molecule has 162 valence electrons. The summed E-state index contributed by atoms with van der Waals surface area (Å²) in [5, 5.41) is 12.2. The topological polar surface area (TPSA) is 85.7 Å². The fourth-order valence-electron chi connectivity index (χ4n) is 5.16. The van der Waals surface area contributed by atoms with Crippen molar-refractivity contribution in [1.82, 2.24) is 4.98 Å². The molecule has 32 heavy (non-hydrogen) atoms. The van der Waals surface area contributed by atoms with Crippen LogP contribution in [0.1, 0.15) is 29.7 Å². The van der Waals surface area contributed by atoms with E-state index >= 15 is 0 Å². The van der Waals surface area contributed by atoms with Crippen LogP contribution in [0.4, 0.5) is 0 Å². The lowest BCUT2D eigenvalue weighted by molar-refractivity contribution is -0.152. The van der Waals surface area contributed by atoms with Crippen LogP contribution in [0, 0.1) is 5.92 Å². The molecule has 1 aliphatic heterocycles. The summed E-state index contributed by atoms with van der Waals surface area (Å²) in [6.07, 6.45) is 1.43. The lowest BCUT2D eigenvalue weighted by Crippen LogP contribution is -2.51. The SMILES string of the molecule is COc1cnc2c(c1)O[C@@]1(c3ccc(Br)cc3)[C@H](c3ccccc3)[C@@H](C(C)=O)C(=O)[C@@]21O. The molecule has 0 unspecified atom stereocenters. The van der Waals surface area contributed by atoms with Crippen molar-refractivity contribution in [3.8, 4) is 11.5 Å². The van der Waals surface area contributed by atoms with E-state index in [4.69, 9.17) is 9.47 Å². The number of carbonyl (C=O) groups excluding carboxylic acids is 2. The summed E-state index contributed by atoms with van der Waals surface area (Å²) in [5.74, 6) is -2.11. The summed E-state index contributed by atoms with van der Waals surface area (Å²) in [5.41, 5.74) is -2.34. The van der Waals surface area contributed by atoms with Crippen LogP contribution in [0.2, 0.25) is 0 Å². The molecule has 0 amide bonds. The van der Waals surface area contributed by atoms with Gasteiger partial charge in [-0.25, -0.2) is 4.98 Å². The smallest absolute Gasteiger partial charge is 0.214 e. The van der Waals surface area contributed by atoms with E-state index in [9.17, 15) is 14.7 Å². The summed E-state index contributed by atoms with van der Waals surface area (Å²) in [7, 11) is 1.50. The summed E-state index contributed by atoms with van der Waals surface area (Å²) in [6.45, 7) is 1.38. The maximum atomic E-state index is 13.9. The number of ketones is 2. The van der Waals surface area contributed by atoms with Crippen LogP contribution >= 0.6 is 15.9 Å². The first-order chi connectivity index (χ1) is 15.3. The molecule has 4 atom stereocenters. The van der Waals surface area contributed by atoms with Gasteiger partial charge in [-0.3, -0.25) is 9.59 Å². The van der Waals surface area contributed by atoms with Crippen LogP contribution in [-0.2, 0) is 20.8 Å². The molecule has 3 aromatic rings. The average Bonchev–Trinajstić information content (AvgIpc) is 3.17. The Bertz CT molecular complexity index is 1230. The largest absolute Gasteiger partial charge is 0.495 e. The highest BCUT2D eigenvalue weighted by atomic mass is 79.9. The van der Waals surface area contributed by atoms with Gasteiger partial charge in [0.05, 0.1) is 19.2 Å². The molecule has 5 rings (SSSR count). The van der Waals surface area contributed by atoms with Gasteiger partial charge in [-0.05, 0) is 30.2 Å². The Morgan fingerprint density at radius 1 is 1.16 bits per heavy atom. The summed E-state index contributed by atoms with van der Waals surface area (Å²) >= 11 is 3.44. The van der Waals surface area contributed by atoms with Crippen molar-refractivity contribution in [1.29, 1.82) is 0 Å². The molecule has 0 bridgehead atoms. The number of hydrogen-bond donors (Lipinski definition) is 1. The van der Waals surface area contributed by atoms with Crippen LogP contribution in [0.15, 0.2) is 71.3 Å². The second-order valence-corrected chi connectivity index (χ2v) is 9.03. The molecule has 7 heteroatoms. The fraction of sp³-hybridized carbons (Fsp3) is 0.240. The van der Waals surface area contributed by atoms with Crippen molar-refractivity contribution in [2.45, 2.75) is 24.0 Å². The molecular formula is C25H20BrNO5. The number of hydrogen-bond acceptors (Lipinski definition) is 6. The first-order valence-electron chi connectivity index (χ1n) is 10.2. The molecule has 2 heterocycles. The monoisotopic (exact) mass is 493 g/mol. The number of benzene rings is 2. The van der Waals surface area contributed by atoms with Crippen molar-refractivity contribution in [3.05, 3.63) is 88.2 Å². The molecule has 2 aliphatic rings. The zero-order valence-corrected chi connectivity index (χ0v) is 19.0. The minimum atomic E-state index is -2.15. The lowest BCUT2D eigenvalue weighted by Gasteiger charge is -2.39. The normalized spacial score (nSPS) is 28.1. The zero-order chi connectivity index (χ0) is 22.7. The molecule has 1 saturated carbocycles. The van der Waals surface area contributed by atoms with E-state index in [1.54, 1.807) is 18.2 Å². The highest BCUT2D eigenvalue weighted by molar-refractivity contribution is 9.10. The predicted molar refractivity (Wildman–Crippen MR) is 119 cm³/mol. The Labute approximate surface area is 193 Å². The third kappa shape index (κ3) is 2.58. The Morgan fingerprint density at radius 3 is 2.47 bits per heavy atom. The van der Waals surface area contributed by atoms with E-state index in [1.807, 2.05) is 42.5 Å². The van der Waals surface area contributed by atoms with Gasteiger partial charge >= 0.3 is 0 Å². The van der Waals surface area contributed by atoms with Crippen LogP contribution in [0.5, 0.6) is 11.5 Å². The van der Waals surface area contributed by atoms with Gasteiger partial charge in [0.2, 0.25) is 5.60 Å². The van der Waals surface area contributed by atoms with E-state index in [-0.39, 0.29) is 17.2 Å². The molecule has 6 nitrogen and oxygen atoms in total. The third-order valence-electron chi connectivity index (χ3n) is 6.49. The number of ether oxygens (including phenoxy) is 2. The molecule has 1 aromatic heterocycles. The van der Waals surface area contributed by atoms with Crippen molar-refractivity contribution in [3.63, 3.8) is 0 Å². The zero-order valence-electron chi connectivity index (χ0n) is 17.4. The summed E-state index contributed by atoms with van der Waals surface area (Å²) in [6, 6.07) is 18.1. The predicted octanol–water partition coefficient (Wildman–Crippen LogP) is 3.90. The van der Waals surface area contributed by atoms with Crippen LogP contribution in [-0.4, -0.2) is 28.8 Å². The molecule has 1 fully saturated rings. The molecule has 2 aromatic carbocycles. The maximum Gasteiger partial charge on any atom is 0.214 e. The lowest BCUT2D eigenvalue weighted by atomic mass is 9.71. The van der Waals surface area contributed by atoms with E-state index in [2.05, 4.69) is 20.9 Å². The van der Waals surface area contributed by atoms with E-state index in [1.165, 1.54) is 20.2 Å². The van der Waals surface area contributed by atoms with Crippen LogP contribution < -0.4 is 9.47 Å². The fourth-order valence-corrected chi connectivity index (χ4v) is 5.43. The van der Waals surface area contributed by atoms with Crippen molar-refractivity contribution >= 4 is 27.5 Å². The number of rotatable bonds is 4. The van der Waals surface area contributed by atoms with Gasteiger partial charge < -0.3 is 14.6 Å². The summed E-state index contributed by atoms with van der Waals surface area (Å²) < 4.78 is 12.6. The van der Waals surface area contributed by atoms with E-state index in [0.717, 1.165) is 10.0 Å². The molecule has 0 saturated heterocycles. The molecule has 1 N–H and O–H groups in total. The average molecular weight is 494 g/mol. The van der Waals surface area contributed by atoms with E-state index in [0.29, 0.717) is 11.3 Å². The third-order valence-corrected chi connectivity index (χ3v) is 7.02. The number of methoxy groups -OCH3 is 1. The van der Waals surface area contributed by atoms with Crippen LogP contribution in [0.25, 0.3) is 0 Å². The first-order valence-corrected chi connectivity index (χ1v) is 11.0. The number of fused-ring (bicyclic) bond motifs is 3. The van der Waals surface area contributed by atoms with Gasteiger partial charge in [0.1, 0.15) is 23.0 Å². The maximum absolute atomic E-state index is 13.9. The van der Waals surface area contributed by atoms with Gasteiger partial charge in [-0.2, -0.15) is 0 Å². The standard InChI is InChI=1S/C25H20BrNO5/c1-14(28)20-21(15-6-4-3-5-7-15)25(16-8-10-17(26)11-9-16)24(30,23(20)29)22-19(32-25)12-18(31-2)13-27-22/h3-13,20-21,30H,1-2H3/t20-,21-,24+,25+/m1/s1. The van der Waals surface area contributed by atoms with Gasteiger partial charge in [-0.15, -0.1) is 0 Å². The Hall–Kier alpha value is -3.03. The number of carbonyl (C=O) groups is 2. The number of halogens is 1. The molecule has 1 aliphatic carbocycles. The van der Waals surface area contributed by atoms with E-state index < -0.39 is 28.8 Å². The number of Topliss-reactive ketones (excluding diaryl/α,β-unsaturated/α-hetero) is 2. The Balaban J connectivity index is 1.87. The Kier molecular flexibility index (Phi) is 4.72. The summed E-state index contributed by atoms with van der Waals surface area (Å²) in [4.78, 5) is 31.0. The number of pyridine rings is 1. The van der Waals surface area contributed by atoms with Crippen molar-refractivity contribution in [2.24, 2.45) is 5.92 Å². The number of aromatic nitrogens is 1. The molecule has 0 spiro atoms. The van der Waals surface area contributed by atoms with Gasteiger partial charge in [-0.1, -0.05) is 58.4 Å². The number of nitrogens with zero attached hydrogens (tertiary/aromatic N) is 1. The quantitative estimate of drug-likeness (QED) is 0.554. The minimum Gasteiger partial charge on any atom is -0.495 e. The highest BCUT2D eigenvalue weighted by Crippen LogP contribution is 2.66.